The molecule has 0 saturated carbocycles. The number of aromatic nitrogens is 2. The average molecular weight is 819 g/mol. The van der Waals surface area contributed by atoms with Crippen molar-refractivity contribution in [3.63, 3.8) is 0 Å². The summed E-state index contributed by atoms with van der Waals surface area (Å²) in [5.41, 5.74) is 15.8. The van der Waals surface area contributed by atoms with Gasteiger partial charge in [-0.3, -0.25) is 9.97 Å². The van der Waals surface area contributed by atoms with E-state index in [9.17, 15) is 0 Å². The van der Waals surface area contributed by atoms with E-state index < -0.39 is 0 Å². The average Bonchev–Trinajstić information content (AvgIpc) is 3.38. The zero-order valence-electron chi connectivity index (χ0n) is 35.0. The molecule has 4 nitrogen and oxygen atoms in total. The van der Waals surface area contributed by atoms with Crippen LogP contribution in [0.4, 0.5) is 34.1 Å². The summed E-state index contributed by atoms with van der Waals surface area (Å²) in [4.78, 5) is 13.3. The summed E-state index contributed by atoms with van der Waals surface area (Å²) in [7, 11) is 0. The fourth-order valence-corrected chi connectivity index (χ4v) is 9.04. The Morgan fingerprint density at radius 3 is 0.812 bits per heavy atom. The number of fused-ring (bicyclic) bond motifs is 3. The highest BCUT2D eigenvalue weighted by atomic mass is 15.1. The smallest absolute Gasteiger partial charge is 0.0462 e. The molecule has 0 radical (unpaired) electrons. The zero-order chi connectivity index (χ0) is 42.7. The number of pyridine rings is 2. The Bertz CT molecular complexity index is 3020. The molecule has 11 rings (SSSR count). The Morgan fingerprint density at radius 2 is 0.500 bits per heavy atom. The van der Waals surface area contributed by atoms with Crippen molar-refractivity contribution in [3.05, 3.63) is 255 Å². The van der Waals surface area contributed by atoms with Gasteiger partial charge in [-0.25, -0.2) is 0 Å². The first-order chi connectivity index (χ1) is 31.8. The van der Waals surface area contributed by atoms with Gasteiger partial charge in [0, 0.05) is 58.9 Å². The number of nitrogens with zero attached hydrogens (tertiary/aromatic N) is 4. The van der Waals surface area contributed by atoms with Gasteiger partial charge in [-0.2, -0.15) is 0 Å². The number of benzene rings is 9. The highest BCUT2D eigenvalue weighted by Gasteiger charge is 2.21. The van der Waals surface area contributed by atoms with E-state index in [2.05, 4.69) is 250 Å². The molecule has 2 aromatic heterocycles. The van der Waals surface area contributed by atoms with Gasteiger partial charge in [-0.1, -0.05) is 121 Å². The lowest BCUT2D eigenvalue weighted by molar-refractivity contribution is 1.28. The van der Waals surface area contributed by atoms with E-state index in [-0.39, 0.29) is 0 Å². The van der Waals surface area contributed by atoms with E-state index in [0.717, 1.165) is 67.5 Å². The lowest BCUT2D eigenvalue weighted by Crippen LogP contribution is -2.09. The van der Waals surface area contributed by atoms with Crippen LogP contribution in [0.1, 0.15) is 0 Å². The zero-order valence-corrected chi connectivity index (χ0v) is 35.0. The highest BCUT2D eigenvalue weighted by Crippen LogP contribution is 2.48. The standard InChI is InChI=1S/C60H42N4/c1-5-13-49(14-6-1)63(50-15-7-2-8-16-50)53-27-21-45(22-28-53)59-55-31-25-47(43-33-37-61-38-34-43)41-57(55)58-42-48(44-35-39-62-40-36-44)26-32-56(58)60(59)46-23-29-54(30-24-46)64(51-17-9-3-10-18-51)52-19-11-4-12-20-52/h1-42H. The Balaban J connectivity index is 1.15. The largest absolute Gasteiger partial charge is 0.311 e. The molecule has 0 amide bonds. The molecule has 0 spiro atoms. The van der Waals surface area contributed by atoms with Crippen LogP contribution >= 0.6 is 0 Å². The lowest BCUT2D eigenvalue weighted by atomic mass is 9.83. The topological polar surface area (TPSA) is 32.3 Å². The van der Waals surface area contributed by atoms with Gasteiger partial charge >= 0.3 is 0 Å². The number of hydrogen-bond acceptors (Lipinski definition) is 4. The Morgan fingerprint density at radius 1 is 0.219 bits per heavy atom. The SMILES string of the molecule is c1ccc(N(c2ccccc2)c2ccc(-c3c(-c4ccc(N(c5ccccc5)c5ccccc5)cc4)c4ccc(-c5ccncc5)cc4c4cc(-c5ccncc5)ccc34)cc2)cc1. The lowest BCUT2D eigenvalue weighted by Gasteiger charge is -2.26. The molecular formula is C60H42N4. The highest BCUT2D eigenvalue weighted by molar-refractivity contribution is 6.23. The van der Waals surface area contributed by atoms with Crippen LogP contribution < -0.4 is 9.80 Å². The van der Waals surface area contributed by atoms with Gasteiger partial charge in [0.15, 0.2) is 0 Å². The first kappa shape index (κ1) is 38.3. The van der Waals surface area contributed by atoms with E-state index in [1.807, 2.05) is 24.8 Å². The molecule has 0 bridgehead atoms. The Kier molecular flexibility index (Phi) is 10.2. The van der Waals surface area contributed by atoms with Crippen molar-refractivity contribution in [2.45, 2.75) is 0 Å². The van der Waals surface area contributed by atoms with Gasteiger partial charge in [-0.15, -0.1) is 0 Å². The first-order valence-corrected chi connectivity index (χ1v) is 21.6. The van der Waals surface area contributed by atoms with Gasteiger partial charge in [-0.05, 0) is 175 Å². The maximum absolute atomic E-state index is 4.33. The van der Waals surface area contributed by atoms with Gasteiger partial charge in [0.2, 0.25) is 0 Å². The number of para-hydroxylation sites is 4. The van der Waals surface area contributed by atoms with E-state index in [4.69, 9.17) is 0 Å². The van der Waals surface area contributed by atoms with Gasteiger partial charge < -0.3 is 9.80 Å². The molecule has 4 heteroatoms. The minimum Gasteiger partial charge on any atom is -0.311 e. The van der Waals surface area contributed by atoms with Gasteiger partial charge in [0.1, 0.15) is 0 Å². The predicted octanol–water partition coefficient (Wildman–Crippen LogP) is 16.4. The minimum absolute atomic E-state index is 1.08. The molecule has 0 aliphatic carbocycles. The second-order valence-corrected chi connectivity index (χ2v) is 15.8. The summed E-state index contributed by atoms with van der Waals surface area (Å²) in [6.45, 7) is 0. The van der Waals surface area contributed by atoms with E-state index in [1.54, 1.807) is 0 Å². The van der Waals surface area contributed by atoms with Crippen molar-refractivity contribution >= 4 is 55.7 Å². The van der Waals surface area contributed by atoms with Crippen molar-refractivity contribution in [2.24, 2.45) is 0 Å². The van der Waals surface area contributed by atoms with Crippen LogP contribution in [0.2, 0.25) is 0 Å². The van der Waals surface area contributed by atoms with E-state index >= 15 is 0 Å². The predicted molar refractivity (Wildman–Crippen MR) is 268 cm³/mol. The van der Waals surface area contributed by atoms with Crippen molar-refractivity contribution in [2.75, 3.05) is 9.80 Å². The molecular weight excluding hydrogens is 777 g/mol. The molecule has 2 heterocycles. The van der Waals surface area contributed by atoms with Crippen LogP contribution in [0.3, 0.4) is 0 Å². The fourth-order valence-electron chi connectivity index (χ4n) is 9.04. The molecule has 0 aliphatic heterocycles. The molecule has 64 heavy (non-hydrogen) atoms. The summed E-state index contributed by atoms with van der Waals surface area (Å²) in [5.74, 6) is 0. The second kappa shape index (κ2) is 17.0. The number of anilines is 6. The monoisotopic (exact) mass is 818 g/mol. The molecule has 0 N–H and O–H groups in total. The summed E-state index contributed by atoms with van der Waals surface area (Å²) in [6.07, 6.45) is 7.46. The van der Waals surface area contributed by atoms with Crippen LogP contribution in [0.25, 0.3) is 66.1 Å². The van der Waals surface area contributed by atoms with Gasteiger partial charge in [0.25, 0.3) is 0 Å². The molecule has 0 fully saturated rings. The normalized spacial score (nSPS) is 11.1. The van der Waals surface area contributed by atoms with Crippen LogP contribution in [0, 0.1) is 0 Å². The maximum Gasteiger partial charge on any atom is 0.0462 e. The summed E-state index contributed by atoms with van der Waals surface area (Å²) in [5, 5.41) is 4.74. The van der Waals surface area contributed by atoms with Crippen LogP contribution in [-0.2, 0) is 0 Å². The molecule has 9 aromatic carbocycles. The molecule has 0 atom stereocenters. The van der Waals surface area contributed by atoms with Crippen molar-refractivity contribution < 1.29 is 0 Å². The maximum atomic E-state index is 4.33. The fraction of sp³-hybridized carbons (Fsp3) is 0. The van der Waals surface area contributed by atoms with Crippen molar-refractivity contribution in [1.29, 1.82) is 0 Å². The van der Waals surface area contributed by atoms with Crippen molar-refractivity contribution in [1.82, 2.24) is 9.97 Å². The molecule has 0 unspecified atom stereocenters. The summed E-state index contributed by atoms with van der Waals surface area (Å²) in [6, 6.07) is 82.7. The summed E-state index contributed by atoms with van der Waals surface area (Å²) < 4.78 is 0. The number of hydrogen-bond donors (Lipinski definition) is 0. The second-order valence-electron chi connectivity index (χ2n) is 15.8. The summed E-state index contributed by atoms with van der Waals surface area (Å²) >= 11 is 0. The van der Waals surface area contributed by atoms with Crippen molar-refractivity contribution in [3.8, 4) is 44.5 Å². The van der Waals surface area contributed by atoms with E-state index in [1.165, 1.54) is 32.7 Å². The third-order valence-electron chi connectivity index (χ3n) is 12.0. The molecule has 0 aliphatic rings. The Hall–Kier alpha value is -8.60. The third-order valence-corrected chi connectivity index (χ3v) is 12.0. The number of rotatable bonds is 10. The van der Waals surface area contributed by atoms with Crippen LogP contribution in [0.15, 0.2) is 255 Å². The minimum atomic E-state index is 1.08. The van der Waals surface area contributed by atoms with Crippen LogP contribution in [-0.4, -0.2) is 9.97 Å². The molecule has 0 saturated heterocycles. The molecule has 302 valence electrons. The quantitative estimate of drug-likeness (QED) is 0.129. The van der Waals surface area contributed by atoms with Gasteiger partial charge in [0.05, 0.1) is 0 Å². The Labute approximate surface area is 373 Å². The van der Waals surface area contributed by atoms with E-state index in [0.29, 0.717) is 0 Å². The third kappa shape index (κ3) is 7.33. The van der Waals surface area contributed by atoms with Crippen LogP contribution in [0.5, 0.6) is 0 Å². The first-order valence-electron chi connectivity index (χ1n) is 21.6. The molecule has 11 aromatic rings.